The number of urea groups is 1. The minimum absolute atomic E-state index is 0.315. The smallest absolute Gasteiger partial charge is 0.321 e. The number of hydrogen-bond acceptors (Lipinski definition) is 7. The Balaban J connectivity index is 1.50. The first kappa shape index (κ1) is 24.9. The predicted molar refractivity (Wildman–Crippen MR) is 131 cm³/mol. The molecule has 8 nitrogen and oxygen atoms in total. The number of benzene rings is 2. The van der Waals surface area contributed by atoms with Gasteiger partial charge in [-0.1, -0.05) is 35.3 Å². The van der Waals surface area contributed by atoms with E-state index in [1.807, 2.05) is 17.5 Å². The zero-order chi connectivity index (χ0) is 23.8. The van der Waals surface area contributed by atoms with Gasteiger partial charge in [0.05, 0.1) is 37.1 Å². The number of carbonyl (C=O) groups excluding carboxylic acids is 1. The predicted octanol–water partition coefficient (Wildman–Crippen LogP) is 5.09. The van der Waals surface area contributed by atoms with Crippen molar-refractivity contribution in [1.82, 2.24) is 15.6 Å². The first-order chi connectivity index (χ1) is 15.9. The molecule has 0 atom stereocenters. The average Bonchev–Trinajstić information content (AvgIpc) is 3.26. The van der Waals surface area contributed by atoms with Crippen LogP contribution in [0.1, 0.15) is 16.8 Å². The first-order valence-corrected chi connectivity index (χ1v) is 11.5. The minimum atomic E-state index is -0.356. The van der Waals surface area contributed by atoms with Gasteiger partial charge in [0.1, 0.15) is 0 Å². The second-order valence-corrected chi connectivity index (χ2v) is 8.47. The largest absolute Gasteiger partial charge is 0.493 e. The van der Waals surface area contributed by atoms with E-state index in [2.05, 4.69) is 20.9 Å². The molecule has 0 unspecified atom stereocenters. The summed E-state index contributed by atoms with van der Waals surface area (Å²) in [4.78, 5) is 16.6. The molecular weight excluding hydrogens is 487 g/mol. The molecule has 0 radical (unpaired) electrons. The molecular formula is C22H24Cl2N4O4S. The van der Waals surface area contributed by atoms with E-state index in [1.165, 1.54) is 11.3 Å². The Morgan fingerprint density at radius 2 is 1.76 bits per heavy atom. The van der Waals surface area contributed by atoms with Gasteiger partial charge in [-0.2, -0.15) is 0 Å². The molecule has 3 rings (SSSR count). The van der Waals surface area contributed by atoms with Crippen LogP contribution in [0.2, 0.25) is 10.0 Å². The van der Waals surface area contributed by atoms with Crippen molar-refractivity contribution < 1.29 is 19.0 Å². The molecule has 3 N–H and O–H groups in total. The summed E-state index contributed by atoms with van der Waals surface area (Å²) in [6.07, 6.45) is 0. The number of ether oxygens (including phenoxy) is 3. The number of thiazole rings is 1. The summed E-state index contributed by atoms with van der Waals surface area (Å²) in [7, 11) is 4.74. The molecule has 0 aliphatic rings. The quantitative estimate of drug-likeness (QED) is 0.351. The molecule has 1 aromatic heterocycles. The average molecular weight is 511 g/mol. The Morgan fingerprint density at radius 3 is 2.45 bits per heavy atom. The zero-order valence-corrected chi connectivity index (χ0v) is 20.7. The molecule has 2 aromatic carbocycles. The van der Waals surface area contributed by atoms with Crippen molar-refractivity contribution in [1.29, 1.82) is 0 Å². The molecule has 0 bridgehead atoms. The van der Waals surface area contributed by atoms with E-state index < -0.39 is 0 Å². The van der Waals surface area contributed by atoms with E-state index in [4.69, 9.17) is 37.4 Å². The minimum Gasteiger partial charge on any atom is -0.493 e. The van der Waals surface area contributed by atoms with Crippen LogP contribution in [0.5, 0.6) is 17.2 Å². The molecule has 3 aromatic rings. The van der Waals surface area contributed by atoms with Crippen LogP contribution in [0.4, 0.5) is 9.93 Å². The number of rotatable bonds is 10. The molecule has 1 heterocycles. The van der Waals surface area contributed by atoms with Crippen LogP contribution in [-0.4, -0.2) is 32.3 Å². The van der Waals surface area contributed by atoms with Crippen LogP contribution in [-0.2, 0) is 19.6 Å². The van der Waals surface area contributed by atoms with Crippen molar-refractivity contribution in [3.63, 3.8) is 0 Å². The third kappa shape index (κ3) is 6.64. The second kappa shape index (κ2) is 11.9. The molecule has 0 spiro atoms. The number of anilines is 1. The second-order valence-electron chi connectivity index (χ2n) is 6.80. The van der Waals surface area contributed by atoms with Gasteiger partial charge in [0.15, 0.2) is 16.6 Å². The van der Waals surface area contributed by atoms with Crippen LogP contribution >= 0.6 is 34.5 Å². The van der Waals surface area contributed by atoms with Crippen LogP contribution < -0.4 is 30.2 Å². The lowest BCUT2D eigenvalue weighted by Gasteiger charge is -2.15. The van der Waals surface area contributed by atoms with Crippen LogP contribution in [0.25, 0.3) is 0 Å². The normalized spacial score (nSPS) is 10.6. The Bertz CT molecular complexity index is 1110. The van der Waals surface area contributed by atoms with Crippen LogP contribution in [0.3, 0.4) is 0 Å². The lowest BCUT2D eigenvalue weighted by atomic mass is 10.1. The highest BCUT2D eigenvalue weighted by Gasteiger charge is 2.15. The molecule has 11 heteroatoms. The maximum absolute atomic E-state index is 12.2. The van der Waals surface area contributed by atoms with Crippen molar-refractivity contribution in [3.8, 4) is 17.2 Å². The highest BCUT2D eigenvalue weighted by molar-refractivity contribution is 7.13. The Labute approximate surface area is 206 Å². The van der Waals surface area contributed by atoms with Crippen molar-refractivity contribution in [2.24, 2.45) is 0 Å². The number of nitrogens with zero attached hydrogens (tertiary/aromatic N) is 1. The Hall–Kier alpha value is -2.72. The maximum atomic E-state index is 12.2. The van der Waals surface area contributed by atoms with E-state index in [0.29, 0.717) is 52.1 Å². The van der Waals surface area contributed by atoms with Crippen molar-refractivity contribution >= 4 is 45.7 Å². The number of amides is 2. The van der Waals surface area contributed by atoms with Crippen molar-refractivity contribution in [3.05, 3.63) is 62.6 Å². The van der Waals surface area contributed by atoms with Crippen molar-refractivity contribution in [2.45, 2.75) is 19.6 Å². The number of hydrogen-bond donors (Lipinski definition) is 3. The molecule has 0 saturated carbocycles. The number of aromatic nitrogens is 1. The van der Waals surface area contributed by atoms with Crippen LogP contribution in [0.15, 0.2) is 35.7 Å². The third-order valence-corrected chi connectivity index (χ3v) is 6.16. The number of nitrogens with one attached hydrogen (secondary N) is 3. The van der Waals surface area contributed by atoms with E-state index in [-0.39, 0.29) is 6.03 Å². The maximum Gasteiger partial charge on any atom is 0.321 e. The highest BCUT2D eigenvalue weighted by Crippen LogP contribution is 2.39. The summed E-state index contributed by atoms with van der Waals surface area (Å²) in [5, 5.41) is 12.1. The lowest BCUT2D eigenvalue weighted by Crippen LogP contribution is -2.28. The van der Waals surface area contributed by atoms with Gasteiger partial charge in [0.25, 0.3) is 0 Å². The molecule has 176 valence electrons. The monoisotopic (exact) mass is 510 g/mol. The SMILES string of the molecule is COc1ccc(CNCc2csc(NC(=O)NCc3ccc(Cl)c(Cl)c3)n2)c(OC)c1OC. The van der Waals surface area contributed by atoms with Gasteiger partial charge in [-0.15, -0.1) is 11.3 Å². The van der Waals surface area contributed by atoms with E-state index in [1.54, 1.807) is 39.5 Å². The van der Waals surface area contributed by atoms with E-state index in [0.717, 1.165) is 16.8 Å². The van der Waals surface area contributed by atoms with Crippen LogP contribution in [0, 0.1) is 0 Å². The summed E-state index contributed by atoms with van der Waals surface area (Å²) >= 11 is 13.2. The van der Waals surface area contributed by atoms with Gasteiger partial charge >= 0.3 is 6.03 Å². The fourth-order valence-electron chi connectivity index (χ4n) is 3.05. The van der Waals surface area contributed by atoms with Gasteiger partial charge in [0, 0.05) is 30.6 Å². The molecule has 2 amide bonds. The highest BCUT2D eigenvalue weighted by atomic mass is 35.5. The molecule has 0 saturated heterocycles. The van der Waals surface area contributed by atoms with Gasteiger partial charge in [-0.25, -0.2) is 9.78 Å². The number of halogens is 2. The summed E-state index contributed by atoms with van der Waals surface area (Å²) in [6.45, 7) is 1.37. The number of carbonyl (C=O) groups is 1. The lowest BCUT2D eigenvalue weighted by molar-refractivity contribution is 0.251. The Kier molecular flexibility index (Phi) is 9.02. The summed E-state index contributed by atoms with van der Waals surface area (Å²) in [6, 6.07) is 8.60. The Morgan fingerprint density at radius 1 is 0.970 bits per heavy atom. The van der Waals surface area contributed by atoms with Gasteiger partial charge in [-0.05, 0) is 23.8 Å². The number of methoxy groups -OCH3 is 3. The standard InChI is InChI=1S/C22H24Cl2N4O4S/c1-30-18-7-5-14(19(31-2)20(18)32-3)10-25-11-15-12-33-22(27-15)28-21(29)26-9-13-4-6-16(23)17(24)8-13/h4-8,12,25H,9-11H2,1-3H3,(H2,26,27,28,29). The van der Waals surface area contributed by atoms with E-state index in [9.17, 15) is 4.79 Å². The fraction of sp³-hybridized carbons (Fsp3) is 0.273. The molecule has 0 fully saturated rings. The fourth-order valence-corrected chi connectivity index (χ4v) is 4.07. The van der Waals surface area contributed by atoms with Gasteiger partial charge in [-0.3, -0.25) is 5.32 Å². The topological polar surface area (TPSA) is 93.7 Å². The molecule has 0 aliphatic carbocycles. The molecule has 33 heavy (non-hydrogen) atoms. The first-order valence-electron chi connectivity index (χ1n) is 9.86. The van der Waals surface area contributed by atoms with Crippen molar-refractivity contribution in [2.75, 3.05) is 26.6 Å². The summed E-state index contributed by atoms with van der Waals surface area (Å²) in [5.74, 6) is 1.76. The summed E-state index contributed by atoms with van der Waals surface area (Å²) in [5.41, 5.74) is 2.57. The third-order valence-electron chi connectivity index (χ3n) is 4.62. The van der Waals surface area contributed by atoms with Gasteiger partial charge < -0.3 is 24.8 Å². The van der Waals surface area contributed by atoms with E-state index >= 15 is 0 Å². The van der Waals surface area contributed by atoms with Gasteiger partial charge in [0.2, 0.25) is 5.75 Å². The summed E-state index contributed by atoms with van der Waals surface area (Å²) < 4.78 is 16.2. The zero-order valence-electron chi connectivity index (χ0n) is 18.3. The molecule has 0 aliphatic heterocycles.